The second-order valence-electron chi connectivity index (χ2n) is 15.9. The third-order valence-corrected chi connectivity index (χ3v) is 11.3. The van der Waals surface area contributed by atoms with Crippen LogP contribution in [-0.2, 0) is 9.47 Å². The van der Waals surface area contributed by atoms with Crippen LogP contribution in [-0.4, -0.2) is 118 Å². The van der Waals surface area contributed by atoms with Crippen LogP contribution in [0, 0.1) is 5.92 Å². The molecule has 0 aliphatic carbocycles. The first kappa shape index (κ1) is 48.5. The first-order valence-electron chi connectivity index (χ1n) is 21.3. The van der Waals surface area contributed by atoms with Gasteiger partial charge < -0.3 is 45.4 Å². The van der Waals surface area contributed by atoms with Crippen molar-refractivity contribution in [2.45, 2.75) is 222 Å². The van der Waals surface area contributed by atoms with E-state index in [0.29, 0.717) is 19.3 Å². The second-order valence-corrected chi connectivity index (χ2v) is 15.9. The van der Waals surface area contributed by atoms with Crippen molar-refractivity contribution in [3.05, 3.63) is 0 Å². The summed E-state index contributed by atoms with van der Waals surface area (Å²) in [5.74, 6) is 0.799. The van der Waals surface area contributed by atoms with Crippen LogP contribution in [0.4, 0.5) is 13.2 Å². The number of alkyl halides is 3. The highest BCUT2D eigenvalue weighted by Crippen LogP contribution is 2.28. The lowest BCUT2D eigenvalue weighted by molar-refractivity contribution is -0.303. The Kier molecular flexibility index (Phi) is 26.3. The van der Waals surface area contributed by atoms with Gasteiger partial charge >= 0.3 is 6.18 Å². The first-order chi connectivity index (χ1) is 25.5. The van der Waals surface area contributed by atoms with Gasteiger partial charge in [0.05, 0.1) is 31.5 Å². The lowest BCUT2D eigenvalue weighted by atomic mass is 9.97. The van der Waals surface area contributed by atoms with Crippen molar-refractivity contribution >= 4 is 0 Å². The van der Waals surface area contributed by atoms with Crippen LogP contribution in [0.15, 0.2) is 0 Å². The normalized spacial score (nSPS) is 26.2. The maximum Gasteiger partial charge on any atom is 0.403 e. The van der Waals surface area contributed by atoms with Gasteiger partial charge in [0.1, 0.15) is 30.5 Å². The average molecular weight is 771 g/mol. The molecule has 0 spiro atoms. The van der Waals surface area contributed by atoms with E-state index < -0.39 is 74.4 Å². The molecule has 316 valence electrons. The van der Waals surface area contributed by atoms with Crippen LogP contribution >= 0.6 is 0 Å². The molecule has 0 amide bonds. The SMILES string of the molecule is CCCCCCCCCCCCCC[C@@H](O)[C@@H](O)[C@H](COC1OC(CO)C(O)C(O)C1O)N[C@@H](CCCCCCCCCCC1CCNC1)C(F)(F)F. The largest absolute Gasteiger partial charge is 0.403 e. The summed E-state index contributed by atoms with van der Waals surface area (Å²) in [4.78, 5) is 0. The lowest BCUT2D eigenvalue weighted by Gasteiger charge is -2.40. The number of hydrogen-bond acceptors (Lipinski definition) is 10. The van der Waals surface area contributed by atoms with E-state index >= 15 is 0 Å². The number of hydrogen-bond donors (Lipinski definition) is 8. The molecule has 2 saturated heterocycles. The Hall–Kier alpha value is -0.610. The van der Waals surface area contributed by atoms with Gasteiger partial charge in [-0.05, 0) is 44.7 Å². The van der Waals surface area contributed by atoms with Gasteiger partial charge in [-0.2, -0.15) is 13.2 Å². The van der Waals surface area contributed by atoms with Crippen LogP contribution < -0.4 is 10.6 Å². The van der Waals surface area contributed by atoms with Crippen molar-refractivity contribution in [3.63, 3.8) is 0 Å². The van der Waals surface area contributed by atoms with Crippen LogP contribution in [0.1, 0.15) is 161 Å². The Morgan fingerprint density at radius 2 is 1.26 bits per heavy atom. The fourth-order valence-electron chi connectivity index (χ4n) is 7.69. The molecule has 53 heavy (non-hydrogen) atoms. The molecular weight excluding hydrogens is 693 g/mol. The number of aliphatic hydroxyl groups is 6. The summed E-state index contributed by atoms with van der Waals surface area (Å²) in [5.41, 5.74) is 0. The molecule has 2 aliphatic rings. The fourth-order valence-corrected chi connectivity index (χ4v) is 7.69. The summed E-state index contributed by atoms with van der Waals surface area (Å²) < 4.78 is 53.9. The summed E-state index contributed by atoms with van der Waals surface area (Å²) >= 11 is 0. The van der Waals surface area contributed by atoms with Gasteiger partial charge in [-0.15, -0.1) is 0 Å². The molecule has 6 unspecified atom stereocenters. The number of unbranched alkanes of at least 4 members (excludes halogenated alkanes) is 18. The molecule has 0 bridgehead atoms. The van der Waals surface area contributed by atoms with E-state index in [1.165, 1.54) is 70.6 Å². The van der Waals surface area contributed by atoms with E-state index in [9.17, 15) is 43.8 Å². The van der Waals surface area contributed by atoms with Crippen LogP contribution in [0.25, 0.3) is 0 Å². The lowest BCUT2D eigenvalue weighted by Crippen LogP contribution is -2.61. The molecule has 0 aromatic heterocycles. The molecule has 8 N–H and O–H groups in total. The smallest absolute Gasteiger partial charge is 0.394 e. The molecule has 2 rings (SSSR count). The first-order valence-corrected chi connectivity index (χ1v) is 21.3. The van der Waals surface area contributed by atoms with E-state index in [1.807, 2.05) is 0 Å². The Balaban J connectivity index is 1.84. The van der Waals surface area contributed by atoms with Crippen LogP contribution in [0.2, 0.25) is 0 Å². The molecule has 2 fully saturated rings. The number of nitrogens with one attached hydrogen (secondary N) is 2. The number of rotatable bonds is 32. The second kappa shape index (κ2) is 28.7. The van der Waals surface area contributed by atoms with Gasteiger partial charge in [0, 0.05) is 0 Å². The zero-order chi connectivity index (χ0) is 38.9. The molecule has 0 saturated carbocycles. The van der Waals surface area contributed by atoms with Gasteiger partial charge in [0.25, 0.3) is 0 Å². The van der Waals surface area contributed by atoms with Crippen LogP contribution in [0.5, 0.6) is 0 Å². The molecule has 2 aliphatic heterocycles. The van der Waals surface area contributed by atoms with Crippen molar-refractivity contribution in [1.29, 1.82) is 0 Å². The highest BCUT2D eigenvalue weighted by atomic mass is 19.4. The van der Waals surface area contributed by atoms with Crippen molar-refractivity contribution in [3.8, 4) is 0 Å². The third-order valence-electron chi connectivity index (χ3n) is 11.3. The van der Waals surface area contributed by atoms with E-state index in [0.717, 1.165) is 70.4 Å². The Labute approximate surface area is 318 Å². The monoisotopic (exact) mass is 771 g/mol. The fraction of sp³-hybridized carbons (Fsp3) is 1.00. The van der Waals surface area contributed by atoms with E-state index in [1.54, 1.807) is 0 Å². The third kappa shape index (κ3) is 20.4. The highest BCUT2D eigenvalue weighted by Gasteiger charge is 2.46. The topological polar surface area (TPSA) is 164 Å². The van der Waals surface area contributed by atoms with Crippen molar-refractivity contribution in [2.75, 3.05) is 26.3 Å². The molecule has 10 nitrogen and oxygen atoms in total. The Bertz CT molecular complexity index is 870. The van der Waals surface area contributed by atoms with E-state index in [-0.39, 0.29) is 12.8 Å². The summed E-state index contributed by atoms with van der Waals surface area (Å²) in [6.07, 6.45) is 7.95. The predicted molar refractivity (Wildman–Crippen MR) is 201 cm³/mol. The van der Waals surface area contributed by atoms with Gasteiger partial charge in [-0.25, -0.2) is 0 Å². The molecule has 10 atom stereocenters. The standard InChI is InChI=1S/C40H77F3N2O8/c1-2-3-4-5-6-7-8-9-10-14-17-20-23-32(47)35(48)31(29-52-39-38(51)37(50)36(49)33(28-46)53-39)45-34(40(41,42)43)24-21-18-15-12-11-13-16-19-22-30-25-26-44-27-30/h30-39,44-51H,2-29H2,1H3/t30?,31-,32+,33?,34-,35-,36?,37?,38?,39?/m0/s1. The number of halogens is 3. The minimum Gasteiger partial charge on any atom is -0.394 e. The average Bonchev–Trinajstić information content (AvgIpc) is 3.66. The number of aliphatic hydroxyl groups excluding tert-OH is 6. The minimum atomic E-state index is -4.63. The molecule has 2 heterocycles. The summed E-state index contributed by atoms with van der Waals surface area (Å²) in [7, 11) is 0. The predicted octanol–water partition coefficient (Wildman–Crippen LogP) is 6.02. The quantitative estimate of drug-likeness (QED) is 0.0380. The van der Waals surface area contributed by atoms with Crippen molar-refractivity contribution < 1.29 is 53.3 Å². The molecule has 13 heteroatoms. The number of ether oxygens (including phenoxy) is 2. The Morgan fingerprint density at radius 3 is 1.77 bits per heavy atom. The van der Waals surface area contributed by atoms with Gasteiger partial charge in [-0.3, -0.25) is 5.32 Å². The van der Waals surface area contributed by atoms with Crippen LogP contribution in [0.3, 0.4) is 0 Å². The zero-order valence-electron chi connectivity index (χ0n) is 32.7. The zero-order valence-corrected chi connectivity index (χ0v) is 32.7. The van der Waals surface area contributed by atoms with Crippen molar-refractivity contribution in [1.82, 2.24) is 10.6 Å². The summed E-state index contributed by atoms with van der Waals surface area (Å²) in [6, 6.07) is -3.36. The molecule has 0 radical (unpaired) electrons. The summed E-state index contributed by atoms with van der Waals surface area (Å²) in [6.45, 7) is 3.17. The van der Waals surface area contributed by atoms with E-state index in [2.05, 4.69) is 17.6 Å². The molecule has 0 aromatic rings. The van der Waals surface area contributed by atoms with Gasteiger partial charge in [0.2, 0.25) is 0 Å². The highest BCUT2D eigenvalue weighted by molar-refractivity contribution is 4.91. The maximum atomic E-state index is 14.3. The molecular formula is C40H77F3N2O8. The Morgan fingerprint density at radius 1 is 0.736 bits per heavy atom. The summed E-state index contributed by atoms with van der Waals surface area (Å²) in [5, 5.41) is 68.1. The van der Waals surface area contributed by atoms with E-state index in [4.69, 9.17) is 9.47 Å². The minimum absolute atomic E-state index is 0.200. The van der Waals surface area contributed by atoms with Gasteiger partial charge in [-0.1, -0.05) is 135 Å². The maximum absolute atomic E-state index is 14.3. The van der Waals surface area contributed by atoms with Crippen molar-refractivity contribution in [2.24, 2.45) is 5.92 Å². The van der Waals surface area contributed by atoms with Gasteiger partial charge in [0.15, 0.2) is 6.29 Å². The molecule has 0 aromatic carbocycles.